The van der Waals surface area contributed by atoms with E-state index in [0.29, 0.717) is 24.0 Å². The highest BCUT2D eigenvalue weighted by Crippen LogP contribution is 2.22. The van der Waals surface area contributed by atoms with Gasteiger partial charge in [0.05, 0.1) is 10.9 Å². The maximum Gasteiger partial charge on any atom is 0.257 e. The summed E-state index contributed by atoms with van der Waals surface area (Å²) in [6.45, 7) is 2.58. The summed E-state index contributed by atoms with van der Waals surface area (Å²) in [4.78, 5) is 27.0. The van der Waals surface area contributed by atoms with E-state index >= 15 is 0 Å². The number of nitrogens with one attached hydrogen (secondary N) is 3. The SMILES string of the molecule is NCCNCc1ccc(CNC(=O)c2csc3cc[nH]c(=O)c23)cc1. The van der Waals surface area contributed by atoms with E-state index in [9.17, 15) is 9.59 Å². The summed E-state index contributed by atoms with van der Waals surface area (Å²) in [6.07, 6.45) is 1.59. The van der Waals surface area contributed by atoms with Crippen LogP contribution in [0.4, 0.5) is 0 Å². The van der Waals surface area contributed by atoms with Gasteiger partial charge in [-0.15, -0.1) is 11.3 Å². The number of carbonyl (C=O) groups is 1. The quantitative estimate of drug-likeness (QED) is 0.483. The molecule has 130 valence electrons. The van der Waals surface area contributed by atoms with Gasteiger partial charge in [-0.05, 0) is 17.2 Å². The number of benzene rings is 1. The van der Waals surface area contributed by atoms with Crippen molar-refractivity contribution in [3.63, 3.8) is 0 Å². The fourth-order valence-corrected chi connectivity index (χ4v) is 3.49. The molecular weight excluding hydrogens is 336 g/mol. The summed E-state index contributed by atoms with van der Waals surface area (Å²) in [6, 6.07) is 9.82. The highest BCUT2D eigenvalue weighted by atomic mass is 32.1. The van der Waals surface area contributed by atoms with Crippen molar-refractivity contribution < 1.29 is 4.79 Å². The van der Waals surface area contributed by atoms with Crippen LogP contribution in [0.5, 0.6) is 0 Å². The molecular formula is C18H20N4O2S. The summed E-state index contributed by atoms with van der Waals surface area (Å²) < 4.78 is 0.809. The fraction of sp³-hybridized carbons (Fsp3) is 0.222. The Bertz CT molecular complexity index is 915. The second-order valence-electron chi connectivity index (χ2n) is 5.66. The van der Waals surface area contributed by atoms with Gasteiger partial charge >= 0.3 is 0 Å². The first-order valence-electron chi connectivity index (χ1n) is 8.04. The fourth-order valence-electron chi connectivity index (χ4n) is 2.55. The summed E-state index contributed by atoms with van der Waals surface area (Å²) >= 11 is 1.39. The number of nitrogens with two attached hydrogens (primary N) is 1. The first-order valence-corrected chi connectivity index (χ1v) is 8.92. The molecule has 2 aromatic heterocycles. The van der Waals surface area contributed by atoms with Crippen molar-refractivity contribution in [1.82, 2.24) is 15.6 Å². The van der Waals surface area contributed by atoms with Crippen molar-refractivity contribution in [3.8, 4) is 0 Å². The number of amides is 1. The second-order valence-corrected chi connectivity index (χ2v) is 6.57. The molecule has 6 nitrogen and oxygen atoms in total. The number of hydrogen-bond acceptors (Lipinski definition) is 5. The molecule has 0 atom stereocenters. The molecule has 1 amide bonds. The van der Waals surface area contributed by atoms with E-state index in [-0.39, 0.29) is 11.5 Å². The van der Waals surface area contributed by atoms with Gasteiger partial charge in [-0.2, -0.15) is 0 Å². The van der Waals surface area contributed by atoms with Crippen molar-refractivity contribution in [2.45, 2.75) is 13.1 Å². The number of carbonyl (C=O) groups excluding carboxylic acids is 1. The van der Waals surface area contributed by atoms with E-state index in [1.807, 2.05) is 24.3 Å². The molecule has 2 heterocycles. The Kier molecular flexibility index (Phi) is 5.60. The second kappa shape index (κ2) is 8.06. The van der Waals surface area contributed by atoms with E-state index in [0.717, 1.165) is 23.4 Å². The standard InChI is InChI=1S/C18H20N4O2S/c19-6-8-20-9-12-1-3-13(4-2-12)10-22-17(23)14-11-25-15-5-7-21-18(24)16(14)15/h1-5,7,11,20H,6,8-10,19H2,(H,21,24)(H,22,23). The molecule has 0 saturated heterocycles. The van der Waals surface area contributed by atoms with E-state index in [2.05, 4.69) is 15.6 Å². The molecule has 0 aliphatic rings. The number of pyridine rings is 1. The normalized spacial score (nSPS) is 10.9. The lowest BCUT2D eigenvalue weighted by Gasteiger charge is -2.07. The third-order valence-corrected chi connectivity index (χ3v) is 4.81. The number of fused-ring (bicyclic) bond motifs is 1. The van der Waals surface area contributed by atoms with E-state index in [1.165, 1.54) is 16.9 Å². The molecule has 25 heavy (non-hydrogen) atoms. The zero-order valence-electron chi connectivity index (χ0n) is 13.7. The summed E-state index contributed by atoms with van der Waals surface area (Å²) in [5.74, 6) is -0.239. The number of aromatic amines is 1. The lowest BCUT2D eigenvalue weighted by Crippen LogP contribution is -2.24. The number of hydrogen-bond donors (Lipinski definition) is 4. The van der Waals surface area contributed by atoms with Crippen LogP contribution < -0.4 is 21.9 Å². The van der Waals surface area contributed by atoms with Crippen molar-refractivity contribution in [3.05, 3.63) is 69.0 Å². The maximum atomic E-state index is 12.4. The van der Waals surface area contributed by atoms with Gasteiger partial charge in [0.25, 0.3) is 11.5 Å². The van der Waals surface area contributed by atoms with Gasteiger partial charge in [0, 0.05) is 42.5 Å². The van der Waals surface area contributed by atoms with Crippen molar-refractivity contribution in [2.24, 2.45) is 5.73 Å². The van der Waals surface area contributed by atoms with Gasteiger partial charge in [-0.1, -0.05) is 24.3 Å². The first-order chi connectivity index (χ1) is 12.2. The van der Waals surface area contributed by atoms with Crippen LogP contribution in [0.2, 0.25) is 0 Å². The van der Waals surface area contributed by atoms with Crippen LogP contribution >= 0.6 is 11.3 Å². The van der Waals surface area contributed by atoms with E-state index in [4.69, 9.17) is 5.73 Å². The summed E-state index contributed by atoms with van der Waals surface area (Å²) in [5.41, 5.74) is 7.80. The topological polar surface area (TPSA) is 100 Å². The highest BCUT2D eigenvalue weighted by Gasteiger charge is 2.14. The van der Waals surface area contributed by atoms with E-state index in [1.54, 1.807) is 17.6 Å². The highest BCUT2D eigenvalue weighted by molar-refractivity contribution is 7.17. The lowest BCUT2D eigenvalue weighted by atomic mass is 10.1. The molecule has 0 fully saturated rings. The maximum absolute atomic E-state index is 12.4. The predicted molar refractivity (Wildman–Crippen MR) is 101 cm³/mol. The molecule has 0 bridgehead atoms. The monoisotopic (exact) mass is 356 g/mol. The molecule has 3 rings (SSSR count). The van der Waals surface area contributed by atoms with Gasteiger partial charge < -0.3 is 21.4 Å². The summed E-state index contributed by atoms with van der Waals surface area (Å²) in [5, 5.41) is 8.28. The molecule has 0 spiro atoms. The van der Waals surface area contributed by atoms with E-state index < -0.39 is 0 Å². The molecule has 0 aliphatic heterocycles. The lowest BCUT2D eigenvalue weighted by molar-refractivity contribution is 0.0953. The minimum Gasteiger partial charge on any atom is -0.348 e. The Morgan fingerprint density at radius 3 is 2.56 bits per heavy atom. The molecule has 0 saturated carbocycles. The molecule has 0 radical (unpaired) electrons. The Labute approximate surface area is 149 Å². The van der Waals surface area contributed by atoms with Crippen molar-refractivity contribution >= 4 is 27.3 Å². The molecule has 7 heteroatoms. The average Bonchev–Trinajstić information content (AvgIpc) is 3.07. The number of rotatable bonds is 7. The van der Waals surface area contributed by atoms with Crippen LogP contribution in [0.15, 0.2) is 46.7 Å². The van der Waals surface area contributed by atoms with Crippen LogP contribution in [-0.4, -0.2) is 24.0 Å². The average molecular weight is 356 g/mol. The van der Waals surface area contributed by atoms with Crippen LogP contribution in [0.3, 0.4) is 0 Å². The number of aromatic nitrogens is 1. The van der Waals surface area contributed by atoms with Crippen LogP contribution in [0.1, 0.15) is 21.5 Å². The zero-order valence-corrected chi connectivity index (χ0v) is 14.5. The third kappa shape index (κ3) is 4.14. The van der Waals surface area contributed by atoms with Gasteiger partial charge in [0.15, 0.2) is 0 Å². The Hall–Kier alpha value is -2.48. The Morgan fingerprint density at radius 1 is 1.12 bits per heavy atom. The van der Waals surface area contributed by atoms with Gasteiger partial charge in [-0.25, -0.2) is 0 Å². The smallest absolute Gasteiger partial charge is 0.257 e. The molecule has 5 N–H and O–H groups in total. The minimum absolute atomic E-state index is 0.238. The molecule has 0 aliphatic carbocycles. The van der Waals surface area contributed by atoms with Gasteiger partial charge in [0.2, 0.25) is 0 Å². The van der Waals surface area contributed by atoms with Crippen molar-refractivity contribution in [1.29, 1.82) is 0 Å². The van der Waals surface area contributed by atoms with Crippen LogP contribution in [0, 0.1) is 0 Å². The molecule has 0 unspecified atom stereocenters. The first kappa shape index (κ1) is 17.3. The molecule has 1 aromatic carbocycles. The zero-order chi connectivity index (χ0) is 17.6. The van der Waals surface area contributed by atoms with Crippen LogP contribution in [-0.2, 0) is 13.1 Å². The van der Waals surface area contributed by atoms with Gasteiger partial charge in [0.1, 0.15) is 0 Å². The number of thiophene rings is 1. The third-order valence-electron chi connectivity index (χ3n) is 3.87. The summed E-state index contributed by atoms with van der Waals surface area (Å²) in [7, 11) is 0. The largest absolute Gasteiger partial charge is 0.348 e. The van der Waals surface area contributed by atoms with Gasteiger partial charge in [-0.3, -0.25) is 9.59 Å². The molecule has 3 aromatic rings. The minimum atomic E-state index is -0.239. The van der Waals surface area contributed by atoms with Crippen molar-refractivity contribution in [2.75, 3.05) is 13.1 Å². The number of H-pyrrole nitrogens is 1. The Morgan fingerprint density at radius 2 is 1.84 bits per heavy atom. The predicted octanol–water partition coefficient (Wildman–Crippen LogP) is 1.57. The van der Waals surface area contributed by atoms with Crippen LogP contribution in [0.25, 0.3) is 10.1 Å². The Balaban J connectivity index is 1.63.